The quantitative estimate of drug-likeness (QED) is 0.208. The molecule has 4 heteroatoms. The second-order valence-electron chi connectivity index (χ2n) is 11.0. The number of rotatable bonds is 4. The van der Waals surface area contributed by atoms with Gasteiger partial charge in [-0.15, -0.1) is 11.3 Å². The topological polar surface area (TPSA) is 30.7 Å². The van der Waals surface area contributed by atoms with Gasteiger partial charge in [0.1, 0.15) is 0 Å². The van der Waals surface area contributed by atoms with E-state index in [1.54, 1.807) is 0 Å². The molecule has 44 heavy (non-hydrogen) atoms. The van der Waals surface area contributed by atoms with Crippen LogP contribution in [0.3, 0.4) is 0 Å². The number of aromatic nitrogens is 3. The minimum absolute atomic E-state index is 0.722. The second-order valence-corrected chi connectivity index (χ2v) is 12.1. The number of fused-ring (bicyclic) bond motifs is 7. The van der Waals surface area contributed by atoms with E-state index >= 15 is 0 Å². The molecule has 3 nitrogen and oxygen atoms in total. The van der Waals surface area contributed by atoms with E-state index in [-0.39, 0.29) is 0 Å². The lowest BCUT2D eigenvalue weighted by Crippen LogP contribution is -1.96. The van der Waals surface area contributed by atoms with Crippen LogP contribution in [0.15, 0.2) is 152 Å². The molecule has 9 rings (SSSR count). The summed E-state index contributed by atoms with van der Waals surface area (Å²) in [7, 11) is 0. The molecule has 0 N–H and O–H groups in total. The fourth-order valence-electron chi connectivity index (χ4n) is 6.34. The maximum absolute atomic E-state index is 5.12. The van der Waals surface area contributed by atoms with Gasteiger partial charge in [0.25, 0.3) is 0 Å². The third kappa shape index (κ3) is 3.96. The van der Waals surface area contributed by atoms with Gasteiger partial charge in [0, 0.05) is 43.2 Å². The van der Waals surface area contributed by atoms with Gasteiger partial charge in [-0.25, -0.2) is 9.97 Å². The standard InChI is InChI=1S/C40H25N3S/c1-4-13-27(14-5-1)34-25-35(28-15-6-2-7-16-28)42-40(41-34)29-21-23-36-33(24-29)38-39(44-36)32-22-20-26-12-10-11-19-31(26)37(32)43(38)30-17-8-3-9-18-30/h1-25H. The first-order chi connectivity index (χ1) is 21.8. The largest absolute Gasteiger partial charge is 0.307 e. The SMILES string of the molecule is c1ccc(-c2cc(-c3ccccc3)nc(-c3ccc4sc5c6ccc7ccccc7c6n(-c6ccccc6)c5c4c3)n2)cc1. The minimum atomic E-state index is 0.722. The van der Waals surface area contributed by atoms with E-state index in [4.69, 9.17) is 9.97 Å². The molecule has 0 radical (unpaired) electrons. The molecule has 0 spiro atoms. The normalized spacial score (nSPS) is 11.6. The van der Waals surface area contributed by atoms with Crippen LogP contribution in [0.4, 0.5) is 0 Å². The first-order valence-corrected chi connectivity index (χ1v) is 15.6. The summed E-state index contributed by atoms with van der Waals surface area (Å²) in [5.74, 6) is 0.722. The highest BCUT2D eigenvalue weighted by molar-refractivity contribution is 7.26. The summed E-state index contributed by atoms with van der Waals surface area (Å²) >= 11 is 1.86. The number of para-hydroxylation sites is 1. The minimum Gasteiger partial charge on any atom is -0.307 e. The lowest BCUT2D eigenvalue weighted by molar-refractivity contribution is 1.18. The molecule has 6 aromatic carbocycles. The number of hydrogen-bond acceptors (Lipinski definition) is 3. The van der Waals surface area contributed by atoms with Gasteiger partial charge < -0.3 is 4.57 Å². The van der Waals surface area contributed by atoms with Crippen molar-refractivity contribution in [2.45, 2.75) is 0 Å². The Balaban J connectivity index is 1.34. The Morgan fingerprint density at radius 2 is 1.09 bits per heavy atom. The second kappa shape index (κ2) is 10.0. The fourth-order valence-corrected chi connectivity index (χ4v) is 7.54. The maximum Gasteiger partial charge on any atom is 0.160 e. The smallest absolute Gasteiger partial charge is 0.160 e. The molecule has 0 saturated carbocycles. The van der Waals surface area contributed by atoms with Crippen molar-refractivity contribution in [3.05, 3.63) is 152 Å². The molecule has 0 aliphatic carbocycles. The van der Waals surface area contributed by atoms with Crippen LogP contribution >= 0.6 is 11.3 Å². The van der Waals surface area contributed by atoms with Crippen LogP contribution in [0.2, 0.25) is 0 Å². The number of hydrogen-bond donors (Lipinski definition) is 0. The number of nitrogens with zero attached hydrogens (tertiary/aromatic N) is 3. The van der Waals surface area contributed by atoms with Gasteiger partial charge in [0.05, 0.1) is 27.1 Å². The van der Waals surface area contributed by atoms with Crippen molar-refractivity contribution in [2.75, 3.05) is 0 Å². The summed E-state index contributed by atoms with van der Waals surface area (Å²) < 4.78 is 5.00. The average molecular weight is 580 g/mol. The van der Waals surface area contributed by atoms with E-state index in [0.29, 0.717) is 0 Å². The molecule has 0 bridgehead atoms. The van der Waals surface area contributed by atoms with Crippen LogP contribution in [0, 0.1) is 0 Å². The molecule has 0 amide bonds. The van der Waals surface area contributed by atoms with Crippen molar-refractivity contribution in [3.8, 4) is 39.6 Å². The number of benzene rings is 6. The van der Waals surface area contributed by atoms with Crippen LogP contribution in [-0.4, -0.2) is 14.5 Å². The van der Waals surface area contributed by atoms with E-state index in [2.05, 4.69) is 144 Å². The van der Waals surface area contributed by atoms with Gasteiger partial charge in [0.15, 0.2) is 5.82 Å². The molecule has 0 aliphatic rings. The zero-order valence-corrected chi connectivity index (χ0v) is 24.5. The van der Waals surface area contributed by atoms with Gasteiger partial charge in [0.2, 0.25) is 0 Å². The molecule has 206 valence electrons. The summed E-state index contributed by atoms with van der Waals surface area (Å²) in [6, 6.07) is 53.4. The highest BCUT2D eigenvalue weighted by atomic mass is 32.1. The molecule has 9 aromatic rings. The summed E-state index contributed by atoms with van der Waals surface area (Å²) in [6.07, 6.45) is 0. The lowest BCUT2D eigenvalue weighted by Gasteiger charge is -2.11. The lowest BCUT2D eigenvalue weighted by atomic mass is 10.1. The molecular formula is C40H25N3S. The summed E-state index contributed by atoms with van der Waals surface area (Å²) in [6.45, 7) is 0. The molecule has 0 atom stereocenters. The Kier molecular flexibility index (Phi) is 5.68. The molecular weight excluding hydrogens is 555 g/mol. The van der Waals surface area contributed by atoms with Crippen LogP contribution in [-0.2, 0) is 0 Å². The molecule has 0 aliphatic heterocycles. The van der Waals surface area contributed by atoms with Crippen LogP contribution in [0.25, 0.3) is 81.6 Å². The molecule has 0 fully saturated rings. The Labute approximate surface area is 258 Å². The molecule has 3 aromatic heterocycles. The first kappa shape index (κ1) is 25.0. The Morgan fingerprint density at radius 1 is 0.455 bits per heavy atom. The summed E-state index contributed by atoms with van der Waals surface area (Å²) in [5, 5.41) is 4.99. The van der Waals surface area contributed by atoms with Gasteiger partial charge in [-0.3, -0.25) is 0 Å². The Morgan fingerprint density at radius 3 is 1.80 bits per heavy atom. The predicted octanol–water partition coefficient (Wildman–Crippen LogP) is 10.9. The van der Waals surface area contributed by atoms with Gasteiger partial charge in [-0.1, -0.05) is 115 Å². The van der Waals surface area contributed by atoms with Crippen molar-refractivity contribution in [2.24, 2.45) is 0 Å². The van der Waals surface area contributed by atoms with E-state index in [0.717, 1.165) is 39.6 Å². The zero-order chi connectivity index (χ0) is 29.0. The van der Waals surface area contributed by atoms with E-state index in [9.17, 15) is 0 Å². The van der Waals surface area contributed by atoms with Crippen LogP contribution in [0.5, 0.6) is 0 Å². The monoisotopic (exact) mass is 579 g/mol. The zero-order valence-electron chi connectivity index (χ0n) is 23.7. The summed E-state index contributed by atoms with van der Waals surface area (Å²) in [5.41, 5.74) is 8.60. The predicted molar refractivity (Wildman–Crippen MR) is 186 cm³/mol. The Hall–Kier alpha value is -5.58. The van der Waals surface area contributed by atoms with Crippen molar-refractivity contribution < 1.29 is 0 Å². The third-order valence-electron chi connectivity index (χ3n) is 8.39. The van der Waals surface area contributed by atoms with Crippen molar-refractivity contribution in [3.63, 3.8) is 0 Å². The van der Waals surface area contributed by atoms with Crippen molar-refractivity contribution >= 4 is 53.3 Å². The highest BCUT2D eigenvalue weighted by Crippen LogP contribution is 2.45. The van der Waals surface area contributed by atoms with Crippen molar-refractivity contribution in [1.29, 1.82) is 0 Å². The van der Waals surface area contributed by atoms with E-state index < -0.39 is 0 Å². The first-order valence-electron chi connectivity index (χ1n) is 14.8. The fraction of sp³-hybridized carbons (Fsp3) is 0. The van der Waals surface area contributed by atoms with Gasteiger partial charge in [-0.2, -0.15) is 0 Å². The average Bonchev–Trinajstić information content (AvgIpc) is 3.64. The maximum atomic E-state index is 5.12. The highest BCUT2D eigenvalue weighted by Gasteiger charge is 2.20. The van der Waals surface area contributed by atoms with E-state index in [1.165, 1.54) is 42.0 Å². The molecule has 0 unspecified atom stereocenters. The summed E-state index contributed by atoms with van der Waals surface area (Å²) in [4.78, 5) is 10.2. The Bertz CT molecular complexity index is 2420. The van der Waals surface area contributed by atoms with Gasteiger partial charge in [-0.05, 0) is 41.8 Å². The van der Waals surface area contributed by atoms with Crippen LogP contribution in [0.1, 0.15) is 0 Å². The molecule has 3 heterocycles. The van der Waals surface area contributed by atoms with E-state index in [1.807, 2.05) is 23.5 Å². The molecule has 0 saturated heterocycles. The van der Waals surface area contributed by atoms with Crippen LogP contribution < -0.4 is 0 Å². The third-order valence-corrected chi connectivity index (χ3v) is 9.59. The number of thiophene rings is 1. The van der Waals surface area contributed by atoms with Gasteiger partial charge >= 0.3 is 0 Å². The van der Waals surface area contributed by atoms with Crippen molar-refractivity contribution in [1.82, 2.24) is 14.5 Å².